The largest absolute Gasteiger partial charge is 1.00 e. The number of aromatic hydroxyl groups is 1. The van der Waals surface area contributed by atoms with Crippen molar-refractivity contribution in [2.75, 3.05) is 7.11 Å². The summed E-state index contributed by atoms with van der Waals surface area (Å²) in [6.07, 6.45) is -0.536. The summed E-state index contributed by atoms with van der Waals surface area (Å²) < 4.78 is 4.78. The predicted molar refractivity (Wildman–Crippen MR) is 51.4 cm³/mol. The summed E-state index contributed by atoms with van der Waals surface area (Å²) in [6.45, 7) is 0. The Morgan fingerprint density at radius 2 is 2.00 bits per heavy atom. The number of hydrogen-bond acceptors (Lipinski definition) is 3. The molecule has 0 saturated carbocycles. The Labute approximate surface area is 112 Å². The fraction of sp³-hybridized carbons (Fsp3) is 0.300. The Kier molecular flexibility index (Phi) is 6.60. The molecule has 0 heterocycles. The van der Waals surface area contributed by atoms with Crippen molar-refractivity contribution in [1.82, 2.24) is 0 Å². The number of aliphatic carboxylic acids is 1. The standard InChI is InChI=1S/C10H12O4.Na.H/c1-14-9(10(12)13)6-7-2-4-8(11)5-3-7;;/h2-5,9,11H,6H2,1H3,(H,12,13);;/q;+1;-1/t9-;;/m0../s1. The van der Waals surface area contributed by atoms with E-state index in [1.165, 1.54) is 19.2 Å². The normalized spacial score (nSPS) is 11.5. The molecule has 78 valence electrons. The zero-order chi connectivity index (χ0) is 10.6. The first kappa shape index (κ1) is 14.5. The van der Waals surface area contributed by atoms with Gasteiger partial charge in [0.1, 0.15) is 5.75 Å². The first-order valence-electron chi connectivity index (χ1n) is 4.17. The number of phenolic OH excluding ortho intramolecular Hbond substituents is 1. The molecule has 15 heavy (non-hydrogen) atoms. The van der Waals surface area contributed by atoms with E-state index in [1.807, 2.05) is 0 Å². The van der Waals surface area contributed by atoms with Crippen molar-refractivity contribution in [1.29, 1.82) is 0 Å². The molecule has 5 heteroatoms. The zero-order valence-corrected chi connectivity index (χ0v) is 10.8. The van der Waals surface area contributed by atoms with E-state index >= 15 is 0 Å². The molecule has 0 saturated heterocycles. The second-order valence-electron chi connectivity index (χ2n) is 2.93. The van der Waals surface area contributed by atoms with Gasteiger partial charge in [0.05, 0.1) is 0 Å². The molecule has 0 amide bonds. The Balaban J connectivity index is 0. The summed E-state index contributed by atoms with van der Waals surface area (Å²) in [5.41, 5.74) is 0.817. The van der Waals surface area contributed by atoms with Crippen LogP contribution in [0.15, 0.2) is 24.3 Å². The van der Waals surface area contributed by atoms with Crippen LogP contribution < -0.4 is 29.6 Å². The summed E-state index contributed by atoms with van der Waals surface area (Å²) in [4.78, 5) is 10.6. The van der Waals surface area contributed by atoms with E-state index in [0.29, 0.717) is 6.42 Å². The number of phenols is 1. The van der Waals surface area contributed by atoms with Crippen molar-refractivity contribution in [2.24, 2.45) is 0 Å². The summed E-state index contributed by atoms with van der Waals surface area (Å²) in [5.74, 6) is -0.821. The van der Waals surface area contributed by atoms with Gasteiger partial charge in [-0.2, -0.15) is 0 Å². The second-order valence-corrected chi connectivity index (χ2v) is 2.93. The van der Waals surface area contributed by atoms with Crippen LogP contribution in [0.3, 0.4) is 0 Å². The van der Waals surface area contributed by atoms with Crippen LogP contribution in [0.4, 0.5) is 0 Å². The molecular weight excluding hydrogens is 207 g/mol. The van der Waals surface area contributed by atoms with Crippen LogP contribution >= 0.6 is 0 Å². The minimum Gasteiger partial charge on any atom is -1.00 e. The van der Waals surface area contributed by atoms with Crippen LogP contribution in [0, 0.1) is 0 Å². The van der Waals surface area contributed by atoms with E-state index in [2.05, 4.69) is 0 Å². The quantitative estimate of drug-likeness (QED) is 0.585. The third-order valence-corrected chi connectivity index (χ3v) is 1.92. The molecule has 0 aliphatic carbocycles. The molecule has 0 spiro atoms. The fourth-order valence-electron chi connectivity index (χ4n) is 1.12. The Bertz CT molecular complexity index is 315. The minimum atomic E-state index is -0.986. The van der Waals surface area contributed by atoms with Crippen molar-refractivity contribution in [3.63, 3.8) is 0 Å². The van der Waals surface area contributed by atoms with Gasteiger partial charge in [0.2, 0.25) is 0 Å². The number of benzene rings is 1. The van der Waals surface area contributed by atoms with Gasteiger partial charge in [-0.3, -0.25) is 0 Å². The van der Waals surface area contributed by atoms with Crippen LogP contribution in [0.25, 0.3) is 0 Å². The average molecular weight is 220 g/mol. The minimum absolute atomic E-state index is 0. The number of rotatable bonds is 4. The van der Waals surface area contributed by atoms with Crippen LogP contribution in [-0.2, 0) is 16.0 Å². The van der Waals surface area contributed by atoms with Crippen molar-refractivity contribution < 1.29 is 50.7 Å². The number of carboxylic acid groups (broad SMARTS) is 1. The molecule has 0 fully saturated rings. The molecule has 0 aromatic heterocycles. The molecule has 1 rings (SSSR count). The Hall–Kier alpha value is -0.550. The molecule has 0 aliphatic heterocycles. The Morgan fingerprint density at radius 3 is 2.40 bits per heavy atom. The van der Waals surface area contributed by atoms with Crippen molar-refractivity contribution >= 4 is 5.97 Å². The van der Waals surface area contributed by atoms with E-state index < -0.39 is 12.1 Å². The van der Waals surface area contributed by atoms with Gasteiger partial charge in [0.25, 0.3) is 0 Å². The topological polar surface area (TPSA) is 66.8 Å². The second kappa shape index (κ2) is 6.85. The third-order valence-electron chi connectivity index (χ3n) is 1.92. The van der Waals surface area contributed by atoms with Gasteiger partial charge in [-0.15, -0.1) is 0 Å². The molecule has 0 radical (unpaired) electrons. The summed E-state index contributed by atoms with van der Waals surface area (Å²) in [7, 11) is 1.36. The molecule has 0 unspecified atom stereocenters. The Morgan fingerprint density at radius 1 is 1.47 bits per heavy atom. The number of methoxy groups -OCH3 is 1. The number of hydrogen-bond donors (Lipinski definition) is 2. The third kappa shape index (κ3) is 4.66. The van der Waals surface area contributed by atoms with Gasteiger partial charge in [0.15, 0.2) is 6.10 Å². The monoisotopic (exact) mass is 220 g/mol. The van der Waals surface area contributed by atoms with Crippen molar-refractivity contribution in [2.45, 2.75) is 12.5 Å². The zero-order valence-electron chi connectivity index (χ0n) is 9.80. The molecular formula is C10H13NaO4. The molecule has 1 atom stereocenters. The molecule has 0 bridgehead atoms. The maximum absolute atomic E-state index is 10.6. The number of carbonyl (C=O) groups is 1. The van der Waals surface area contributed by atoms with E-state index in [9.17, 15) is 4.79 Å². The van der Waals surface area contributed by atoms with Crippen molar-refractivity contribution in [3.8, 4) is 5.75 Å². The fourth-order valence-corrected chi connectivity index (χ4v) is 1.12. The van der Waals surface area contributed by atoms with Crippen LogP contribution in [0.5, 0.6) is 5.75 Å². The van der Waals surface area contributed by atoms with E-state index in [-0.39, 0.29) is 36.7 Å². The summed E-state index contributed by atoms with van der Waals surface area (Å²) in [6, 6.07) is 6.38. The first-order chi connectivity index (χ1) is 6.63. The van der Waals surface area contributed by atoms with Crippen LogP contribution in [0.1, 0.15) is 6.99 Å². The maximum Gasteiger partial charge on any atom is 1.00 e. The molecule has 1 aromatic rings. The van der Waals surface area contributed by atoms with E-state index in [4.69, 9.17) is 14.9 Å². The summed E-state index contributed by atoms with van der Waals surface area (Å²) in [5, 5.41) is 17.7. The molecule has 2 N–H and O–H groups in total. The van der Waals surface area contributed by atoms with Gasteiger partial charge in [-0.1, -0.05) is 12.1 Å². The van der Waals surface area contributed by atoms with Gasteiger partial charge < -0.3 is 16.4 Å². The maximum atomic E-state index is 10.6. The summed E-state index contributed by atoms with van der Waals surface area (Å²) >= 11 is 0. The van der Waals surface area contributed by atoms with Gasteiger partial charge >= 0.3 is 35.5 Å². The molecule has 4 nitrogen and oxygen atoms in total. The average Bonchev–Trinajstić information content (AvgIpc) is 2.16. The molecule has 0 aliphatic rings. The SMILES string of the molecule is CO[C@@H](Cc1ccc(O)cc1)C(=O)O.[H-].[Na+]. The predicted octanol–water partition coefficient (Wildman–Crippen LogP) is -1.85. The van der Waals surface area contributed by atoms with Crippen molar-refractivity contribution in [3.05, 3.63) is 29.8 Å². The van der Waals surface area contributed by atoms with E-state index in [1.54, 1.807) is 12.1 Å². The van der Waals surface area contributed by atoms with Gasteiger partial charge in [-0.25, -0.2) is 4.79 Å². The molecule has 1 aromatic carbocycles. The number of ether oxygens (including phenoxy) is 1. The van der Waals surface area contributed by atoms with Crippen LogP contribution in [0.2, 0.25) is 0 Å². The van der Waals surface area contributed by atoms with Gasteiger partial charge in [0, 0.05) is 13.5 Å². The number of carboxylic acids is 1. The van der Waals surface area contributed by atoms with Crippen LogP contribution in [-0.4, -0.2) is 29.4 Å². The van der Waals surface area contributed by atoms with Gasteiger partial charge in [-0.05, 0) is 17.7 Å². The smallest absolute Gasteiger partial charge is 1.00 e. The first-order valence-corrected chi connectivity index (χ1v) is 4.17. The van der Waals surface area contributed by atoms with E-state index in [0.717, 1.165) is 5.56 Å².